The predicted molar refractivity (Wildman–Crippen MR) is 59.8 cm³/mol. The summed E-state index contributed by atoms with van der Waals surface area (Å²) in [5.41, 5.74) is 5.56. The Kier molecular flexibility index (Phi) is 5.87. The Labute approximate surface area is 104 Å². The van der Waals surface area contributed by atoms with Crippen LogP contribution < -0.4 is 11.1 Å². The molecule has 0 spiro atoms. The standard InChI is InChI=1S/C11H19F3N2O2/c12-11(13,14)7-18-5-4-16-10(17)9-3-1-2-8(9)6-15/h8-9H,1-7,15H2,(H,16,17)/t8-,9-/m1/s1. The van der Waals surface area contributed by atoms with E-state index in [2.05, 4.69) is 10.1 Å². The van der Waals surface area contributed by atoms with Gasteiger partial charge in [-0.05, 0) is 25.3 Å². The molecule has 0 aliphatic heterocycles. The zero-order valence-corrected chi connectivity index (χ0v) is 10.1. The first-order valence-electron chi connectivity index (χ1n) is 6.06. The normalized spacial score (nSPS) is 24.2. The van der Waals surface area contributed by atoms with Crippen molar-refractivity contribution < 1.29 is 22.7 Å². The number of hydrogen-bond donors (Lipinski definition) is 2. The SMILES string of the molecule is NC[C@H]1CCC[C@H]1C(=O)NCCOCC(F)(F)F. The van der Waals surface area contributed by atoms with Gasteiger partial charge in [-0.2, -0.15) is 13.2 Å². The number of carbonyl (C=O) groups excluding carboxylic acids is 1. The van der Waals surface area contributed by atoms with Crippen LogP contribution in [0.25, 0.3) is 0 Å². The van der Waals surface area contributed by atoms with Crippen LogP contribution in [0.4, 0.5) is 13.2 Å². The summed E-state index contributed by atoms with van der Waals surface area (Å²) in [4.78, 5) is 11.7. The summed E-state index contributed by atoms with van der Waals surface area (Å²) >= 11 is 0. The zero-order chi connectivity index (χ0) is 13.6. The molecule has 1 amide bonds. The van der Waals surface area contributed by atoms with Crippen LogP contribution in [-0.2, 0) is 9.53 Å². The maximum atomic E-state index is 11.8. The van der Waals surface area contributed by atoms with Crippen LogP contribution in [0.15, 0.2) is 0 Å². The third-order valence-electron chi connectivity index (χ3n) is 3.11. The highest BCUT2D eigenvalue weighted by molar-refractivity contribution is 5.79. The smallest absolute Gasteiger partial charge is 0.370 e. The van der Waals surface area contributed by atoms with Gasteiger partial charge in [0.15, 0.2) is 0 Å². The van der Waals surface area contributed by atoms with Crippen LogP contribution in [0, 0.1) is 11.8 Å². The quantitative estimate of drug-likeness (QED) is 0.708. The molecule has 1 aliphatic carbocycles. The van der Waals surface area contributed by atoms with Gasteiger partial charge >= 0.3 is 6.18 Å². The highest BCUT2D eigenvalue weighted by atomic mass is 19.4. The fourth-order valence-electron chi connectivity index (χ4n) is 2.23. The zero-order valence-electron chi connectivity index (χ0n) is 10.1. The minimum absolute atomic E-state index is 0.0994. The number of carbonyl (C=O) groups is 1. The van der Waals surface area contributed by atoms with Gasteiger partial charge in [0.2, 0.25) is 5.91 Å². The van der Waals surface area contributed by atoms with Crippen molar-refractivity contribution in [1.82, 2.24) is 5.32 Å². The average molecular weight is 268 g/mol. The van der Waals surface area contributed by atoms with Gasteiger partial charge < -0.3 is 15.8 Å². The van der Waals surface area contributed by atoms with E-state index in [1.54, 1.807) is 0 Å². The summed E-state index contributed by atoms with van der Waals surface area (Å²) in [5, 5.41) is 2.59. The van der Waals surface area contributed by atoms with Gasteiger partial charge in [-0.1, -0.05) is 6.42 Å². The van der Waals surface area contributed by atoms with Crippen LogP contribution in [0.5, 0.6) is 0 Å². The van der Waals surface area contributed by atoms with Crippen molar-refractivity contribution in [1.29, 1.82) is 0 Å². The largest absolute Gasteiger partial charge is 0.411 e. The molecular weight excluding hydrogens is 249 g/mol. The molecule has 3 N–H and O–H groups in total. The fourth-order valence-corrected chi connectivity index (χ4v) is 2.23. The van der Waals surface area contributed by atoms with Crippen LogP contribution >= 0.6 is 0 Å². The third kappa shape index (κ3) is 5.22. The molecule has 0 aromatic heterocycles. The molecule has 7 heteroatoms. The van der Waals surface area contributed by atoms with Gasteiger partial charge in [-0.15, -0.1) is 0 Å². The van der Waals surface area contributed by atoms with Crippen molar-refractivity contribution in [2.45, 2.75) is 25.4 Å². The number of rotatable bonds is 6. The van der Waals surface area contributed by atoms with Gasteiger partial charge in [-0.25, -0.2) is 0 Å². The van der Waals surface area contributed by atoms with Crippen molar-refractivity contribution in [2.24, 2.45) is 17.6 Å². The van der Waals surface area contributed by atoms with Crippen molar-refractivity contribution in [2.75, 3.05) is 26.3 Å². The predicted octanol–water partition coefficient (Wildman–Crippen LogP) is 1.06. The molecule has 1 rings (SSSR count). The lowest BCUT2D eigenvalue weighted by Gasteiger charge is -2.17. The monoisotopic (exact) mass is 268 g/mol. The van der Waals surface area contributed by atoms with Gasteiger partial charge in [0.25, 0.3) is 0 Å². The van der Waals surface area contributed by atoms with E-state index in [4.69, 9.17) is 5.73 Å². The van der Waals surface area contributed by atoms with E-state index < -0.39 is 12.8 Å². The molecule has 1 aliphatic rings. The second-order valence-corrected chi connectivity index (χ2v) is 4.49. The number of amides is 1. The molecule has 106 valence electrons. The molecule has 0 radical (unpaired) electrons. The summed E-state index contributed by atoms with van der Waals surface area (Å²) in [6.07, 6.45) is -1.60. The first kappa shape index (κ1) is 15.2. The highest BCUT2D eigenvalue weighted by Gasteiger charge is 2.31. The van der Waals surface area contributed by atoms with E-state index in [-0.39, 0.29) is 30.9 Å². The third-order valence-corrected chi connectivity index (χ3v) is 3.11. The average Bonchev–Trinajstić information content (AvgIpc) is 2.74. The van der Waals surface area contributed by atoms with E-state index >= 15 is 0 Å². The van der Waals surface area contributed by atoms with Gasteiger partial charge in [0.05, 0.1) is 6.61 Å². The molecule has 0 aromatic rings. The van der Waals surface area contributed by atoms with Crippen molar-refractivity contribution >= 4 is 5.91 Å². The van der Waals surface area contributed by atoms with Gasteiger partial charge in [0.1, 0.15) is 6.61 Å². The number of alkyl halides is 3. The lowest BCUT2D eigenvalue weighted by atomic mass is 9.95. The molecule has 0 aromatic carbocycles. The molecule has 0 saturated heterocycles. The van der Waals surface area contributed by atoms with Crippen molar-refractivity contribution in [3.05, 3.63) is 0 Å². The van der Waals surface area contributed by atoms with E-state index in [0.717, 1.165) is 19.3 Å². The number of hydrogen-bond acceptors (Lipinski definition) is 3. The van der Waals surface area contributed by atoms with Gasteiger partial charge in [-0.3, -0.25) is 4.79 Å². The summed E-state index contributed by atoms with van der Waals surface area (Å²) in [6, 6.07) is 0. The molecular formula is C11H19F3N2O2. The maximum Gasteiger partial charge on any atom is 0.411 e. The number of nitrogens with one attached hydrogen (secondary N) is 1. The molecule has 1 fully saturated rings. The first-order chi connectivity index (χ1) is 8.44. The number of nitrogens with two attached hydrogens (primary N) is 1. The van der Waals surface area contributed by atoms with E-state index in [9.17, 15) is 18.0 Å². The van der Waals surface area contributed by atoms with Crippen LogP contribution in [0.3, 0.4) is 0 Å². The second kappa shape index (κ2) is 6.94. The van der Waals surface area contributed by atoms with Gasteiger partial charge in [0, 0.05) is 12.5 Å². The minimum atomic E-state index is -4.32. The van der Waals surface area contributed by atoms with Crippen molar-refractivity contribution in [3.63, 3.8) is 0 Å². The molecule has 18 heavy (non-hydrogen) atoms. The van der Waals surface area contributed by atoms with Crippen LogP contribution in [0.2, 0.25) is 0 Å². The molecule has 2 atom stereocenters. The topological polar surface area (TPSA) is 64.4 Å². The Morgan fingerprint density at radius 1 is 1.39 bits per heavy atom. The Bertz CT molecular complexity index is 272. The van der Waals surface area contributed by atoms with E-state index in [1.807, 2.05) is 0 Å². The maximum absolute atomic E-state index is 11.8. The Hall–Kier alpha value is -0.820. The summed E-state index contributed by atoms with van der Waals surface area (Å²) < 4.78 is 39.7. The summed E-state index contributed by atoms with van der Waals surface area (Å²) in [6.45, 7) is -0.839. The molecule has 1 saturated carbocycles. The summed E-state index contributed by atoms with van der Waals surface area (Å²) in [5.74, 6) is -0.0303. The molecule has 0 heterocycles. The number of halogens is 3. The molecule has 4 nitrogen and oxygen atoms in total. The first-order valence-corrected chi connectivity index (χ1v) is 6.06. The number of ether oxygens (including phenoxy) is 1. The highest BCUT2D eigenvalue weighted by Crippen LogP contribution is 2.30. The van der Waals surface area contributed by atoms with E-state index in [0.29, 0.717) is 6.54 Å². The van der Waals surface area contributed by atoms with Crippen LogP contribution in [0.1, 0.15) is 19.3 Å². The van der Waals surface area contributed by atoms with E-state index in [1.165, 1.54) is 0 Å². The molecule has 0 unspecified atom stereocenters. The fraction of sp³-hybridized carbons (Fsp3) is 0.909. The Morgan fingerprint density at radius 2 is 2.11 bits per heavy atom. The second-order valence-electron chi connectivity index (χ2n) is 4.49. The minimum Gasteiger partial charge on any atom is -0.370 e. The Morgan fingerprint density at radius 3 is 2.72 bits per heavy atom. The lowest BCUT2D eigenvalue weighted by molar-refractivity contribution is -0.173. The lowest BCUT2D eigenvalue weighted by Crippen LogP contribution is -2.37. The Balaban J connectivity index is 2.14. The summed E-state index contributed by atoms with van der Waals surface area (Å²) in [7, 11) is 0. The van der Waals surface area contributed by atoms with Crippen LogP contribution in [-0.4, -0.2) is 38.4 Å². The molecule has 0 bridgehead atoms. The van der Waals surface area contributed by atoms with Crippen molar-refractivity contribution in [3.8, 4) is 0 Å².